The predicted molar refractivity (Wildman–Crippen MR) is 62.1 cm³/mol. The lowest BCUT2D eigenvalue weighted by molar-refractivity contribution is 0.801. The van der Waals surface area contributed by atoms with Crippen molar-refractivity contribution in [1.82, 2.24) is 0 Å². The van der Waals surface area contributed by atoms with Crippen LogP contribution in [-0.4, -0.2) is 10.6 Å². The molecule has 0 aliphatic rings. The van der Waals surface area contributed by atoms with Gasteiger partial charge >= 0.3 is 0 Å². The SMILES string of the molecule is CC(C)(Cl)CSc1ccc(Cl)cc1. The molecule has 0 atom stereocenters. The van der Waals surface area contributed by atoms with Crippen LogP contribution in [0.2, 0.25) is 5.02 Å². The van der Waals surface area contributed by atoms with Gasteiger partial charge in [0, 0.05) is 20.5 Å². The smallest absolute Gasteiger partial charge is 0.0484 e. The molecule has 1 aromatic carbocycles. The molecule has 3 heteroatoms. The fourth-order valence-electron chi connectivity index (χ4n) is 0.786. The van der Waals surface area contributed by atoms with Crippen molar-refractivity contribution < 1.29 is 0 Å². The Labute approximate surface area is 93.6 Å². The lowest BCUT2D eigenvalue weighted by Crippen LogP contribution is -2.13. The van der Waals surface area contributed by atoms with E-state index in [1.54, 1.807) is 11.8 Å². The van der Waals surface area contributed by atoms with Gasteiger partial charge in [-0.3, -0.25) is 0 Å². The maximum Gasteiger partial charge on any atom is 0.0484 e. The van der Waals surface area contributed by atoms with Gasteiger partial charge in [-0.15, -0.1) is 23.4 Å². The summed E-state index contributed by atoms with van der Waals surface area (Å²) in [4.78, 5) is 1.06. The maximum atomic E-state index is 6.07. The quantitative estimate of drug-likeness (QED) is 0.551. The summed E-state index contributed by atoms with van der Waals surface area (Å²) < 4.78 is 0. The Morgan fingerprint density at radius 3 is 2.23 bits per heavy atom. The molecule has 0 radical (unpaired) electrons. The summed E-state index contributed by atoms with van der Waals surface area (Å²) in [6, 6.07) is 7.81. The Morgan fingerprint density at radius 1 is 1.23 bits per heavy atom. The van der Waals surface area contributed by atoms with Crippen LogP contribution in [0.1, 0.15) is 13.8 Å². The first-order chi connectivity index (χ1) is 5.97. The van der Waals surface area contributed by atoms with Gasteiger partial charge in [0.05, 0.1) is 0 Å². The van der Waals surface area contributed by atoms with Crippen LogP contribution in [0.15, 0.2) is 29.2 Å². The van der Waals surface area contributed by atoms with Crippen LogP contribution >= 0.6 is 35.0 Å². The summed E-state index contributed by atoms with van der Waals surface area (Å²) in [6.07, 6.45) is 0. The molecule has 0 N–H and O–H groups in total. The molecule has 0 saturated carbocycles. The molecule has 0 saturated heterocycles. The van der Waals surface area contributed by atoms with Crippen molar-refractivity contribution in [3.05, 3.63) is 29.3 Å². The van der Waals surface area contributed by atoms with Crippen LogP contribution in [0.4, 0.5) is 0 Å². The normalized spacial score (nSPS) is 11.7. The van der Waals surface area contributed by atoms with Crippen molar-refractivity contribution in [2.75, 3.05) is 5.75 Å². The van der Waals surface area contributed by atoms with Crippen molar-refractivity contribution in [1.29, 1.82) is 0 Å². The third kappa shape index (κ3) is 4.80. The Morgan fingerprint density at radius 2 is 1.77 bits per heavy atom. The summed E-state index contributed by atoms with van der Waals surface area (Å²) in [5.74, 6) is 0.899. The Bertz CT molecular complexity index is 261. The average molecular weight is 235 g/mol. The number of alkyl halides is 1. The first kappa shape index (κ1) is 11.2. The van der Waals surface area contributed by atoms with Crippen LogP contribution in [0.5, 0.6) is 0 Å². The zero-order valence-corrected chi connectivity index (χ0v) is 10.0. The van der Waals surface area contributed by atoms with E-state index in [1.165, 1.54) is 4.90 Å². The standard InChI is InChI=1S/C10H12Cl2S/c1-10(2,12)7-13-9-5-3-8(11)4-6-9/h3-6H,7H2,1-2H3. The number of benzene rings is 1. The lowest BCUT2D eigenvalue weighted by atomic mass is 10.3. The second kappa shape index (κ2) is 4.59. The zero-order valence-electron chi connectivity index (χ0n) is 7.68. The van der Waals surface area contributed by atoms with Crippen LogP contribution < -0.4 is 0 Å². The Balaban J connectivity index is 2.51. The number of rotatable bonds is 3. The molecular weight excluding hydrogens is 223 g/mol. The number of hydrogen-bond donors (Lipinski definition) is 0. The highest BCUT2D eigenvalue weighted by Gasteiger charge is 2.12. The van der Waals surface area contributed by atoms with Crippen LogP contribution in [0.25, 0.3) is 0 Å². The number of halogens is 2. The van der Waals surface area contributed by atoms with Gasteiger partial charge in [0.1, 0.15) is 0 Å². The van der Waals surface area contributed by atoms with E-state index < -0.39 is 0 Å². The summed E-state index contributed by atoms with van der Waals surface area (Å²) in [7, 11) is 0. The predicted octanol–water partition coefficient (Wildman–Crippen LogP) is 4.45. The second-order valence-corrected chi connectivity index (χ2v) is 5.97. The van der Waals surface area contributed by atoms with Gasteiger partial charge in [-0.25, -0.2) is 0 Å². The van der Waals surface area contributed by atoms with Crippen molar-refractivity contribution in [2.45, 2.75) is 23.6 Å². The molecule has 0 aliphatic heterocycles. The monoisotopic (exact) mass is 234 g/mol. The molecule has 0 fully saturated rings. The lowest BCUT2D eigenvalue weighted by Gasteiger charge is -2.14. The van der Waals surface area contributed by atoms with E-state index in [-0.39, 0.29) is 4.87 Å². The third-order valence-electron chi connectivity index (χ3n) is 1.40. The van der Waals surface area contributed by atoms with Crippen molar-refractivity contribution >= 4 is 35.0 Å². The minimum atomic E-state index is -0.149. The molecule has 0 aromatic heterocycles. The highest BCUT2D eigenvalue weighted by molar-refractivity contribution is 7.99. The third-order valence-corrected chi connectivity index (χ3v) is 3.41. The highest BCUT2D eigenvalue weighted by atomic mass is 35.5. The maximum absolute atomic E-state index is 6.07. The van der Waals surface area contributed by atoms with Gasteiger partial charge in [0.25, 0.3) is 0 Å². The van der Waals surface area contributed by atoms with Gasteiger partial charge in [0.15, 0.2) is 0 Å². The molecule has 1 rings (SSSR count). The zero-order chi connectivity index (χ0) is 9.90. The molecule has 72 valence electrons. The molecule has 13 heavy (non-hydrogen) atoms. The van der Waals surface area contributed by atoms with E-state index >= 15 is 0 Å². The molecular formula is C10H12Cl2S. The molecule has 0 amide bonds. The first-order valence-electron chi connectivity index (χ1n) is 4.05. The number of hydrogen-bond acceptors (Lipinski definition) is 1. The van der Waals surface area contributed by atoms with Gasteiger partial charge in [0.2, 0.25) is 0 Å². The average Bonchev–Trinajstić information content (AvgIpc) is 2.02. The van der Waals surface area contributed by atoms with Crippen LogP contribution in [-0.2, 0) is 0 Å². The minimum absolute atomic E-state index is 0.149. The molecule has 0 unspecified atom stereocenters. The van der Waals surface area contributed by atoms with E-state index in [0.717, 1.165) is 10.8 Å². The molecule has 0 aliphatic carbocycles. The van der Waals surface area contributed by atoms with E-state index in [1.807, 2.05) is 38.1 Å². The van der Waals surface area contributed by atoms with Gasteiger partial charge in [-0.2, -0.15) is 0 Å². The summed E-state index contributed by atoms with van der Waals surface area (Å²) in [5, 5.41) is 0.773. The van der Waals surface area contributed by atoms with E-state index in [2.05, 4.69) is 0 Å². The van der Waals surface area contributed by atoms with Gasteiger partial charge < -0.3 is 0 Å². The largest absolute Gasteiger partial charge is 0.124 e. The fraction of sp³-hybridized carbons (Fsp3) is 0.400. The van der Waals surface area contributed by atoms with Crippen molar-refractivity contribution in [3.63, 3.8) is 0 Å². The van der Waals surface area contributed by atoms with E-state index in [0.29, 0.717) is 0 Å². The summed E-state index contributed by atoms with van der Waals surface area (Å²) in [6.45, 7) is 4.02. The molecule has 0 heterocycles. The Kier molecular flexibility index (Phi) is 3.96. The Hall–Kier alpha value is 0.150. The van der Waals surface area contributed by atoms with Crippen molar-refractivity contribution in [3.8, 4) is 0 Å². The molecule has 0 bridgehead atoms. The highest BCUT2D eigenvalue weighted by Crippen LogP contribution is 2.26. The van der Waals surface area contributed by atoms with Gasteiger partial charge in [-0.05, 0) is 38.1 Å². The number of thioether (sulfide) groups is 1. The first-order valence-corrected chi connectivity index (χ1v) is 5.79. The summed E-state index contributed by atoms with van der Waals surface area (Å²) >= 11 is 13.6. The van der Waals surface area contributed by atoms with Gasteiger partial charge in [-0.1, -0.05) is 11.6 Å². The van der Waals surface area contributed by atoms with Crippen LogP contribution in [0, 0.1) is 0 Å². The van der Waals surface area contributed by atoms with E-state index in [4.69, 9.17) is 23.2 Å². The molecule has 0 spiro atoms. The fourth-order valence-corrected chi connectivity index (χ4v) is 1.91. The topological polar surface area (TPSA) is 0 Å². The minimum Gasteiger partial charge on any atom is -0.124 e. The molecule has 1 aromatic rings. The van der Waals surface area contributed by atoms with E-state index in [9.17, 15) is 0 Å². The molecule has 0 nitrogen and oxygen atoms in total. The second-order valence-electron chi connectivity index (χ2n) is 3.46. The van der Waals surface area contributed by atoms with Crippen LogP contribution in [0.3, 0.4) is 0 Å². The van der Waals surface area contributed by atoms with Crippen molar-refractivity contribution in [2.24, 2.45) is 0 Å². The summed E-state index contributed by atoms with van der Waals surface area (Å²) in [5.41, 5.74) is 0.